The third-order valence-electron chi connectivity index (χ3n) is 1.44. The fraction of sp³-hybridized carbons (Fsp3) is 0.778. The lowest BCUT2D eigenvalue weighted by atomic mass is 9.95. The van der Waals surface area contributed by atoms with E-state index in [2.05, 4.69) is 0 Å². The molecule has 0 saturated heterocycles. The predicted octanol–water partition coefficient (Wildman–Crippen LogP) is 1.55. The Balaban J connectivity index is 4.23. The van der Waals surface area contributed by atoms with E-state index in [1.54, 1.807) is 6.92 Å². The Bertz CT molecular complexity index is 175. The summed E-state index contributed by atoms with van der Waals surface area (Å²) >= 11 is 0. The number of hydrogen-bond donors (Lipinski definition) is 0. The van der Waals surface area contributed by atoms with Crippen molar-refractivity contribution in [3.8, 4) is 0 Å². The Morgan fingerprint density at radius 2 is 2.08 bits per heavy atom. The van der Waals surface area contributed by atoms with E-state index in [0.29, 0.717) is 18.6 Å². The van der Waals surface area contributed by atoms with E-state index in [-0.39, 0.29) is 0 Å². The van der Waals surface area contributed by atoms with Crippen LogP contribution in [0.5, 0.6) is 0 Å². The van der Waals surface area contributed by atoms with Gasteiger partial charge >= 0.3 is 5.97 Å². The molecule has 3 nitrogen and oxygen atoms in total. The van der Waals surface area contributed by atoms with Gasteiger partial charge in [0, 0.05) is 6.92 Å². The van der Waals surface area contributed by atoms with Crippen molar-refractivity contribution >= 4 is 12.3 Å². The van der Waals surface area contributed by atoms with E-state index in [1.807, 2.05) is 13.8 Å². The van der Waals surface area contributed by atoms with Crippen molar-refractivity contribution in [2.45, 2.75) is 39.7 Å². The van der Waals surface area contributed by atoms with Gasteiger partial charge in [-0.1, -0.05) is 13.8 Å². The molecular formula is C9H16O3. The highest BCUT2D eigenvalue weighted by atomic mass is 16.6. The first-order valence-electron chi connectivity index (χ1n) is 4.05. The van der Waals surface area contributed by atoms with Crippen molar-refractivity contribution in [2.24, 2.45) is 5.92 Å². The number of esters is 1. The molecular weight excluding hydrogens is 156 g/mol. The zero-order valence-corrected chi connectivity index (χ0v) is 8.09. The molecule has 0 aliphatic carbocycles. The summed E-state index contributed by atoms with van der Waals surface area (Å²) in [5.41, 5.74) is -0.944. The normalized spacial score (nSPS) is 15.4. The number of carbonyl (C=O) groups is 2. The Morgan fingerprint density at radius 3 is 2.33 bits per heavy atom. The first kappa shape index (κ1) is 11.1. The molecule has 0 aromatic heterocycles. The number of aldehydes is 1. The Kier molecular flexibility index (Phi) is 3.93. The fourth-order valence-electron chi connectivity index (χ4n) is 1.25. The maximum Gasteiger partial charge on any atom is 0.303 e. The zero-order chi connectivity index (χ0) is 9.78. The molecule has 0 rings (SSSR count). The molecule has 0 bridgehead atoms. The van der Waals surface area contributed by atoms with Gasteiger partial charge in [0.2, 0.25) is 0 Å². The standard InChI is InChI=1S/C9H16O3/c1-7(2)5-9(4,6-10)12-8(3)11/h6-7H,5H2,1-4H3. The SMILES string of the molecule is CC(=O)OC(C)(C=O)CC(C)C. The Morgan fingerprint density at radius 1 is 1.58 bits per heavy atom. The average molecular weight is 172 g/mol. The van der Waals surface area contributed by atoms with E-state index < -0.39 is 11.6 Å². The lowest BCUT2D eigenvalue weighted by Gasteiger charge is -2.24. The first-order chi connectivity index (χ1) is 5.39. The molecule has 0 aliphatic heterocycles. The van der Waals surface area contributed by atoms with Crippen LogP contribution in [0.1, 0.15) is 34.1 Å². The van der Waals surface area contributed by atoms with Crippen LogP contribution in [0.2, 0.25) is 0 Å². The molecule has 0 fully saturated rings. The summed E-state index contributed by atoms with van der Waals surface area (Å²) in [4.78, 5) is 21.2. The predicted molar refractivity (Wildman–Crippen MR) is 45.7 cm³/mol. The van der Waals surface area contributed by atoms with E-state index in [4.69, 9.17) is 4.74 Å². The minimum Gasteiger partial charge on any atom is -0.452 e. The van der Waals surface area contributed by atoms with Crippen LogP contribution in [0.3, 0.4) is 0 Å². The van der Waals surface area contributed by atoms with Crippen molar-refractivity contribution in [2.75, 3.05) is 0 Å². The van der Waals surface area contributed by atoms with Crippen LogP contribution in [0.4, 0.5) is 0 Å². The molecule has 1 atom stereocenters. The Labute approximate surface area is 73.1 Å². The molecule has 0 radical (unpaired) electrons. The molecule has 0 aliphatic rings. The topological polar surface area (TPSA) is 43.4 Å². The van der Waals surface area contributed by atoms with Crippen LogP contribution in [-0.4, -0.2) is 17.9 Å². The molecule has 0 aromatic rings. The maximum atomic E-state index is 10.6. The maximum absolute atomic E-state index is 10.6. The van der Waals surface area contributed by atoms with Gasteiger partial charge in [-0.2, -0.15) is 0 Å². The first-order valence-corrected chi connectivity index (χ1v) is 4.05. The van der Waals surface area contributed by atoms with Crippen molar-refractivity contribution in [1.29, 1.82) is 0 Å². The number of ether oxygens (including phenoxy) is 1. The summed E-state index contributed by atoms with van der Waals surface area (Å²) in [5.74, 6) is -0.0789. The molecule has 1 unspecified atom stereocenters. The highest BCUT2D eigenvalue weighted by molar-refractivity contribution is 5.72. The third-order valence-corrected chi connectivity index (χ3v) is 1.44. The molecule has 12 heavy (non-hydrogen) atoms. The van der Waals surface area contributed by atoms with Crippen LogP contribution in [0.25, 0.3) is 0 Å². The van der Waals surface area contributed by atoms with Crippen molar-refractivity contribution < 1.29 is 14.3 Å². The summed E-state index contributed by atoms with van der Waals surface area (Å²) in [6.45, 7) is 6.89. The van der Waals surface area contributed by atoms with Gasteiger partial charge in [-0.25, -0.2) is 0 Å². The van der Waals surface area contributed by atoms with Crippen molar-refractivity contribution in [3.63, 3.8) is 0 Å². The van der Waals surface area contributed by atoms with Gasteiger partial charge in [0.1, 0.15) is 0 Å². The number of hydrogen-bond acceptors (Lipinski definition) is 3. The molecule has 0 aromatic carbocycles. The highest BCUT2D eigenvalue weighted by Crippen LogP contribution is 2.18. The molecule has 70 valence electrons. The van der Waals surface area contributed by atoms with Crippen LogP contribution < -0.4 is 0 Å². The second kappa shape index (κ2) is 4.24. The quantitative estimate of drug-likeness (QED) is 0.477. The van der Waals surface area contributed by atoms with Crippen LogP contribution >= 0.6 is 0 Å². The summed E-state index contributed by atoms with van der Waals surface area (Å²) in [5, 5.41) is 0. The lowest BCUT2D eigenvalue weighted by molar-refractivity contribution is -0.160. The molecule has 0 heterocycles. The van der Waals surface area contributed by atoms with Gasteiger partial charge in [0.15, 0.2) is 11.9 Å². The lowest BCUT2D eigenvalue weighted by Crippen LogP contribution is -2.34. The monoisotopic (exact) mass is 172 g/mol. The van der Waals surface area contributed by atoms with Gasteiger partial charge in [0.25, 0.3) is 0 Å². The van der Waals surface area contributed by atoms with E-state index in [9.17, 15) is 9.59 Å². The number of rotatable bonds is 4. The molecule has 0 N–H and O–H groups in total. The van der Waals surface area contributed by atoms with E-state index in [0.717, 1.165) is 0 Å². The summed E-state index contributed by atoms with van der Waals surface area (Å²) in [6, 6.07) is 0. The van der Waals surface area contributed by atoms with Crippen LogP contribution in [0.15, 0.2) is 0 Å². The van der Waals surface area contributed by atoms with Gasteiger partial charge < -0.3 is 4.74 Å². The smallest absolute Gasteiger partial charge is 0.303 e. The average Bonchev–Trinajstić information content (AvgIpc) is 1.83. The highest BCUT2D eigenvalue weighted by Gasteiger charge is 2.27. The summed E-state index contributed by atoms with van der Waals surface area (Å²) in [6.07, 6.45) is 1.25. The third kappa shape index (κ3) is 4.11. The van der Waals surface area contributed by atoms with Gasteiger partial charge in [-0.05, 0) is 19.3 Å². The zero-order valence-electron chi connectivity index (χ0n) is 8.09. The molecule has 0 spiro atoms. The van der Waals surface area contributed by atoms with Crippen LogP contribution in [0, 0.1) is 5.92 Å². The fourth-order valence-corrected chi connectivity index (χ4v) is 1.25. The second-order valence-corrected chi connectivity index (χ2v) is 3.62. The van der Waals surface area contributed by atoms with Crippen LogP contribution in [-0.2, 0) is 14.3 Å². The molecule has 0 saturated carbocycles. The minimum absolute atomic E-state index is 0.333. The minimum atomic E-state index is -0.944. The molecule has 0 amide bonds. The van der Waals surface area contributed by atoms with Crippen molar-refractivity contribution in [1.82, 2.24) is 0 Å². The summed E-state index contributed by atoms with van der Waals surface area (Å²) < 4.78 is 4.89. The van der Waals surface area contributed by atoms with E-state index >= 15 is 0 Å². The second-order valence-electron chi connectivity index (χ2n) is 3.62. The number of carbonyl (C=O) groups excluding carboxylic acids is 2. The van der Waals surface area contributed by atoms with Gasteiger partial charge in [0.05, 0.1) is 0 Å². The Hall–Kier alpha value is -0.860. The van der Waals surface area contributed by atoms with Gasteiger partial charge in [-0.15, -0.1) is 0 Å². The van der Waals surface area contributed by atoms with E-state index in [1.165, 1.54) is 6.92 Å². The summed E-state index contributed by atoms with van der Waals surface area (Å²) in [7, 11) is 0. The largest absolute Gasteiger partial charge is 0.452 e. The van der Waals surface area contributed by atoms with Gasteiger partial charge in [-0.3, -0.25) is 9.59 Å². The van der Waals surface area contributed by atoms with Crippen molar-refractivity contribution in [3.05, 3.63) is 0 Å². The molecule has 3 heteroatoms.